The van der Waals surface area contributed by atoms with Crippen molar-refractivity contribution in [3.63, 3.8) is 0 Å². The van der Waals surface area contributed by atoms with Crippen LogP contribution >= 0.6 is 0 Å². The molecule has 13 heteroatoms. The fraction of sp³-hybridized carbons (Fsp3) is 0.394. The molecule has 11 nitrogen and oxygen atoms in total. The first-order chi connectivity index (χ1) is 22.0. The van der Waals surface area contributed by atoms with Gasteiger partial charge in [-0.15, -0.1) is 0 Å². The molecule has 1 saturated heterocycles. The van der Waals surface area contributed by atoms with Crippen LogP contribution in [0.5, 0.6) is 0 Å². The number of aryl methyl sites for hydroxylation is 1. The van der Waals surface area contributed by atoms with Crippen molar-refractivity contribution in [2.24, 2.45) is 11.3 Å². The Labute approximate surface area is 263 Å². The Morgan fingerprint density at radius 1 is 1.00 bits per heavy atom. The highest BCUT2D eigenvalue weighted by Gasteiger charge is 2.52. The quantitative estimate of drug-likeness (QED) is 0.108. The molecule has 1 fully saturated rings. The van der Waals surface area contributed by atoms with E-state index < -0.39 is 34.9 Å². The van der Waals surface area contributed by atoms with Gasteiger partial charge in [0.2, 0.25) is 0 Å². The van der Waals surface area contributed by atoms with E-state index in [1.165, 1.54) is 43.5 Å². The predicted molar refractivity (Wildman–Crippen MR) is 158 cm³/mol. The first-order valence-electron chi connectivity index (χ1n) is 14.8. The van der Waals surface area contributed by atoms with Crippen LogP contribution in [-0.2, 0) is 25.5 Å². The monoisotopic (exact) mass is 640 g/mol. The third-order valence-electron chi connectivity index (χ3n) is 8.51. The molecule has 244 valence electrons. The number of nitrogens with zero attached hydrogens (tertiary/aromatic N) is 2. The number of unbranched alkanes of at least 4 members (excludes halogenated alkanes) is 1. The van der Waals surface area contributed by atoms with Crippen molar-refractivity contribution >= 4 is 29.5 Å². The lowest BCUT2D eigenvalue weighted by molar-refractivity contribution is -0.159. The number of aliphatic carboxylic acids is 2. The average molecular weight is 641 g/mol. The Morgan fingerprint density at radius 3 is 2.26 bits per heavy atom. The van der Waals surface area contributed by atoms with Crippen LogP contribution in [0, 0.1) is 23.0 Å². The number of fused-ring (bicyclic) bond motifs is 1. The number of carbonyl (C=O) groups excluding carboxylic acids is 3. The second-order valence-electron chi connectivity index (χ2n) is 11.3. The molecular weight excluding hydrogens is 606 g/mol. The Hall–Kier alpha value is -4.78. The number of halogens is 2. The first kappa shape index (κ1) is 34.1. The fourth-order valence-electron chi connectivity index (χ4n) is 6.01. The molecule has 2 aromatic carbocycles. The Kier molecular flexibility index (Phi) is 11.1. The van der Waals surface area contributed by atoms with Crippen molar-refractivity contribution in [1.82, 2.24) is 10.1 Å². The predicted octanol–water partition coefficient (Wildman–Crippen LogP) is 4.83. The number of methoxy groups -OCH3 is 1. The summed E-state index contributed by atoms with van der Waals surface area (Å²) < 4.78 is 38.2. The Morgan fingerprint density at radius 2 is 1.65 bits per heavy atom. The van der Waals surface area contributed by atoms with Gasteiger partial charge in [0.25, 0.3) is 0 Å². The highest BCUT2D eigenvalue weighted by atomic mass is 19.1. The minimum absolute atomic E-state index is 0.0540. The Bertz CT molecular complexity index is 1580. The van der Waals surface area contributed by atoms with Crippen molar-refractivity contribution in [1.29, 1.82) is 0 Å². The van der Waals surface area contributed by atoms with E-state index in [9.17, 15) is 23.2 Å². The van der Waals surface area contributed by atoms with Gasteiger partial charge in [0.15, 0.2) is 11.6 Å². The molecule has 2 N–H and O–H groups in total. The molecule has 0 radical (unpaired) electrons. The summed E-state index contributed by atoms with van der Waals surface area (Å²) in [7, 11) is 1.27. The summed E-state index contributed by atoms with van der Waals surface area (Å²) in [6.45, 7) is 2.32. The lowest BCUT2D eigenvalue weighted by Gasteiger charge is -2.33. The summed E-state index contributed by atoms with van der Waals surface area (Å²) in [6.07, 6.45) is 3.72. The molecule has 0 bridgehead atoms. The number of carbonyl (C=O) groups is 5. The first-order valence-corrected chi connectivity index (χ1v) is 14.8. The minimum atomic E-state index is -1.82. The van der Waals surface area contributed by atoms with Crippen molar-refractivity contribution in [3.8, 4) is 11.3 Å². The highest BCUT2D eigenvalue weighted by molar-refractivity contribution is 6.27. The molecule has 0 amide bonds. The summed E-state index contributed by atoms with van der Waals surface area (Å²) in [5, 5.41) is 18.8. The number of piperidine rings is 1. The van der Waals surface area contributed by atoms with E-state index in [1.807, 2.05) is 0 Å². The number of Topliss-reactive ketones (excluding diaryl/α,β-unsaturated/α-hetero) is 2. The molecule has 1 aliphatic heterocycles. The third-order valence-corrected chi connectivity index (χ3v) is 8.51. The highest BCUT2D eigenvalue weighted by Crippen LogP contribution is 2.44. The van der Waals surface area contributed by atoms with Crippen molar-refractivity contribution in [3.05, 3.63) is 77.1 Å². The lowest BCUT2D eigenvalue weighted by Crippen LogP contribution is -2.44. The van der Waals surface area contributed by atoms with E-state index >= 15 is 0 Å². The largest absolute Gasteiger partial charge is 0.473 e. The molecule has 3 aromatic rings. The number of likely N-dealkylation sites (tertiary alicyclic amines) is 1. The molecule has 2 heterocycles. The SMILES string of the molecule is COC(=O)C1(CCCCN2CCC(C(=O)c3ccc(F)cc3)CC2)CCc2onc(-c3ccccc3F)c2C1=O.O=C(O)C(=O)O. The molecule has 5 rings (SSSR count). The smallest absolute Gasteiger partial charge is 0.414 e. The maximum atomic E-state index is 14.5. The van der Waals surface area contributed by atoms with Gasteiger partial charge in [-0.1, -0.05) is 23.7 Å². The van der Waals surface area contributed by atoms with Crippen molar-refractivity contribution in [2.45, 2.75) is 44.9 Å². The van der Waals surface area contributed by atoms with Gasteiger partial charge in [0.1, 0.15) is 28.5 Å². The molecule has 1 unspecified atom stereocenters. The summed E-state index contributed by atoms with van der Waals surface area (Å²) in [6, 6.07) is 11.7. The van der Waals surface area contributed by atoms with Crippen LogP contribution < -0.4 is 0 Å². The van der Waals surface area contributed by atoms with Gasteiger partial charge in [0.05, 0.1) is 12.7 Å². The van der Waals surface area contributed by atoms with Gasteiger partial charge < -0.3 is 24.4 Å². The summed E-state index contributed by atoms with van der Waals surface area (Å²) in [5.41, 5.74) is -0.400. The molecule has 1 aliphatic carbocycles. The zero-order chi connectivity index (χ0) is 33.4. The number of ketones is 2. The van der Waals surface area contributed by atoms with Gasteiger partial charge in [0, 0.05) is 23.5 Å². The van der Waals surface area contributed by atoms with Gasteiger partial charge in [-0.3, -0.25) is 14.4 Å². The molecule has 0 saturated carbocycles. The molecule has 0 spiro atoms. The number of aromatic nitrogens is 1. The van der Waals surface area contributed by atoms with Gasteiger partial charge >= 0.3 is 17.9 Å². The fourth-order valence-corrected chi connectivity index (χ4v) is 6.01. The Balaban J connectivity index is 0.000000731. The number of carboxylic acid groups (broad SMARTS) is 2. The number of benzene rings is 2. The van der Waals surface area contributed by atoms with Crippen LogP contribution in [0.4, 0.5) is 8.78 Å². The number of hydrogen-bond donors (Lipinski definition) is 2. The van der Waals surface area contributed by atoms with E-state index in [2.05, 4.69) is 10.1 Å². The molecule has 2 aliphatic rings. The molecule has 1 atom stereocenters. The van der Waals surface area contributed by atoms with E-state index in [0.29, 0.717) is 30.6 Å². The zero-order valence-electron chi connectivity index (χ0n) is 25.2. The number of esters is 1. The topological polar surface area (TPSA) is 164 Å². The van der Waals surface area contributed by atoms with Crippen LogP contribution in [0.2, 0.25) is 0 Å². The van der Waals surface area contributed by atoms with E-state index in [1.54, 1.807) is 12.1 Å². The van der Waals surface area contributed by atoms with Crippen molar-refractivity contribution < 1.29 is 52.2 Å². The van der Waals surface area contributed by atoms with E-state index in [0.717, 1.165) is 38.9 Å². The third kappa shape index (κ3) is 7.53. The average Bonchev–Trinajstić information content (AvgIpc) is 3.49. The minimum Gasteiger partial charge on any atom is -0.473 e. The number of ether oxygens (including phenoxy) is 1. The van der Waals surface area contributed by atoms with Crippen LogP contribution in [0.3, 0.4) is 0 Å². The summed E-state index contributed by atoms with van der Waals surface area (Å²) in [4.78, 5) is 60.1. The molecule has 46 heavy (non-hydrogen) atoms. The van der Waals surface area contributed by atoms with Crippen LogP contribution in [0.1, 0.15) is 65.0 Å². The van der Waals surface area contributed by atoms with Crippen molar-refractivity contribution in [2.75, 3.05) is 26.7 Å². The number of hydrogen-bond acceptors (Lipinski definition) is 9. The second-order valence-corrected chi connectivity index (χ2v) is 11.3. The van der Waals surface area contributed by atoms with E-state index in [-0.39, 0.29) is 40.8 Å². The van der Waals surface area contributed by atoms with Crippen LogP contribution in [0.25, 0.3) is 11.3 Å². The maximum absolute atomic E-state index is 14.5. The maximum Gasteiger partial charge on any atom is 0.414 e. The van der Waals surface area contributed by atoms with Gasteiger partial charge in [-0.25, -0.2) is 18.4 Å². The summed E-state index contributed by atoms with van der Waals surface area (Å²) in [5.74, 6) is -5.22. The number of carboxylic acids is 2. The second kappa shape index (κ2) is 15.0. The molecule has 1 aromatic heterocycles. The standard InChI is InChI=1S/C31H32F2N2O5.C2H2O4/c1-39-30(38)31(16-12-25-26(29(31)37)27(34-40-25)23-6-2-3-7-24(23)33)15-4-5-17-35-18-13-21(14-19-35)28(36)20-8-10-22(32)11-9-20;3-1(4)2(5)6/h2-3,6-11,21H,4-5,12-19H2,1H3;(H,3,4)(H,5,6). The van der Waals surface area contributed by atoms with Gasteiger partial charge in [-0.05, 0) is 88.1 Å². The van der Waals surface area contributed by atoms with E-state index in [4.69, 9.17) is 29.1 Å². The zero-order valence-corrected chi connectivity index (χ0v) is 25.2. The van der Waals surface area contributed by atoms with Gasteiger partial charge in [-0.2, -0.15) is 0 Å². The van der Waals surface area contributed by atoms with Crippen LogP contribution in [-0.4, -0.2) is 76.5 Å². The summed E-state index contributed by atoms with van der Waals surface area (Å²) >= 11 is 0. The molecular formula is C33H34F2N2O9. The number of rotatable bonds is 9. The lowest BCUT2D eigenvalue weighted by atomic mass is 9.68. The van der Waals surface area contributed by atoms with Crippen LogP contribution in [0.15, 0.2) is 53.1 Å². The normalized spacial score (nSPS) is 18.2.